The topological polar surface area (TPSA) is 146 Å². The van der Waals surface area contributed by atoms with Gasteiger partial charge in [0.05, 0.1) is 6.61 Å². The van der Waals surface area contributed by atoms with Crippen LogP contribution in [0.25, 0.3) is 0 Å². The molecule has 0 radical (unpaired) electrons. The van der Waals surface area contributed by atoms with E-state index in [0.29, 0.717) is 19.6 Å². The van der Waals surface area contributed by atoms with Crippen LogP contribution in [0.1, 0.15) is 12.6 Å². The van der Waals surface area contributed by atoms with Crippen molar-refractivity contribution in [2.45, 2.75) is 31.0 Å². The second-order valence-electron chi connectivity index (χ2n) is 4.76. The second-order valence-corrected chi connectivity index (χ2v) is 4.76. The number of nitrogens with zero attached hydrogens (tertiary/aromatic N) is 2. The molecular formula is C12H20N4O5. The summed E-state index contributed by atoms with van der Waals surface area (Å²) in [6.45, 7) is 0.375. The number of rotatable bonds is 6. The lowest BCUT2D eigenvalue weighted by Gasteiger charge is -2.22. The first-order valence-corrected chi connectivity index (χ1v) is 6.69. The molecule has 0 aliphatic carbocycles. The number of hydrogen-bond acceptors (Lipinski definition) is 8. The highest BCUT2D eigenvalue weighted by molar-refractivity contribution is 5.23. The smallest absolute Gasteiger partial charge is 0.351 e. The molecule has 9 heteroatoms. The molecule has 2 heterocycles. The number of anilines is 1. The lowest BCUT2D eigenvalue weighted by atomic mass is 10.1. The quantitative estimate of drug-likeness (QED) is 0.433. The molecular weight excluding hydrogens is 280 g/mol. The van der Waals surface area contributed by atoms with Gasteiger partial charge < -0.3 is 31.2 Å². The summed E-state index contributed by atoms with van der Waals surface area (Å²) in [6, 6.07) is 1.44. The molecule has 1 saturated heterocycles. The molecule has 0 bridgehead atoms. The number of hydrogen-bond donors (Lipinski definition) is 4. The predicted molar refractivity (Wildman–Crippen MR) is 73.3 cm³/mol. The number of nitrogens with two attached hydrogens (primary N) is 2. The monoisotopic (exact) mass is 300 g/mol. The molecule has 1 aliphatic rings. The molecule has 9 nitrogen and oxygen atoms in total. The Morgan fingerprint density at radius 3 is 2.90 bits per heavy atom. The minimum atomic E-state index is -1.05. The summed E-state index contributed by atoms with van der Waals surface area (Å²) in [6.07, 6.45) is -1.53. The van der Waals surface area contributed by atoms with Crippen molar-refractivity contribution in [2.24, 2.45) is 5.73 Å². The van der Waals surface area contributed by atoms with Crippen LogP contribution in [-0.2, 0) is 9.47 Å². The summed E-state index contributed by atoms with van der Waals surface area (Å²) in [5.41, 5.74) is 10.2. The SMILES string of the molecule is NCCCO[C@@H]1[C@H](O)[C@@H](CO)O[C@H]1n1ccc(N)nc1=O. The molecule has 0 unspecified atom stereocenters. The van der Waals surface area contributed by atoms with Crippen molar-refractivity contribution < 1.29 is 19.7 Å². The molecule has 0 amide bonds. The van der Waals surface area contributed by atoms with Crippen LogP contribution in [0.2, 0.25) is 0 Å². The minimum Gasteiger partial charge on any atom is -0.394 e. The number of aliphatic hydroxyl groups is 2. The lowest BCUT2D eigenvalue weighted by Crippen LogP contribution is -2.38. The Hall–Kier alpha value is -1.52. The Morgan fingerprint density at radius 1 is 1.52 bits per heavy atom. The van der Waals surface area contributed by atoms with Gasteiger partial charge >= 0.3 is 5.69 Å². The van der Waals surface area contributed by atoms with Crippen LogP contribution >= 0.6 is 0 Å². The normalized spacial score (nSPS) is 28.9. The van der Waals surface area contributed by atoms with Gasteiger partial charge in [-0.2, -0.15) is 4.98 Å². The summed E-state index contributed by atoms with van der Waals surface area (Å²) in [5.74, 6) is 0.0918. The Labute approximate surface area is 121 Å². The lowest BCUT2D eigenvalue weighted by molar-refractivity contribution is -0.0743. The maximum absolute atomic E-state index is 11.9. The van der Waals surface area contributed by atoms with Crippen molar-refractivity contribution >= 4 is 5.82 Å². The molecule has 1 aromatic heterocycles. The van der Waals surface area contributed by atoms with Crippen molar-refractivity contribution in [3.63, 3.8) is 0 Å². The molecule has 6 N–H and O–H groups in total. The van der Waals surface area contributed by atoms with Gasteiger partial charge in [-0.1, -0.05) is 0 Å². The van der Waals surface area contributed by atoms with Crippen LogP contribution in [-0.4, -0.2) is 57.8 Å². The van der Waals surface area contributed by atoms with Crippen molar-refractivity contribution in [1.82, 2.24) is 9.55 Å². The van der Waals surface area contributed by atoms with E-state index in [1.807, 2.05) is 0 Å². The van der Waals surface area contributed by atoms with Gasteiger partial charge in [-0.05, 0) is 19.0 Å². The Kier molecular flexibility index (Phi) is 5.26. The van der Waals surface area contributed by atoms with E-state index in [4.69, 9.17) is 20.9 Å². The van der Waals surface area contributed by atoms with Gasteiger partial charge in [0.15, 0.2) is 6.23 Å². The first-order chi connectivity index (χ1) is 10.1. The van der Waals surface area contributed by atoms with Crippen molar-refractivity contribution in [1.29, 1.82) is 0 Å². The highest BCUT2D eigenvalue weighted by Crippen LogP contribution is 2.30. The van der Waals surface area contributed by atoms with Gasteiger partial charge in [0, 0.05) is 12.8 Å². The van der Waals surface area contributed by atoms with Crippen LogP contribution in [0.3, 0.4) is 0 Å². The molecule has 1 aliphatic heterocycles. The molecule has 21 heavy (non-hydrogen) atoms. The van der Waals surface area contributed by atoms with Gasteiger partial charge in [-0.15, -0.1) is 0 Å². The van der Waals surface area contributed by atoms with Crippen LogP contribution in [0.4, 0.5) is 5.82 Å². The Bertz CT molecular complexity index is 523. The summed E-state index contributed by atoms with van der Waals surface area (Å²) < 4.78 is 12.2. The highest BCUT2D eigenvalue weighted by Gasteiger charge is 2.45. The van der Waals surface area contributed by atoms with Crippen LogP contribution in [0.15, 0.2) is 17.1 Å². The van der Waals surface area contributed by atoms with E-state index in [9.17, 15) is 15.0 Å². The third-order valence-corrected chi connectivity index (χ3v) is 3.28. The standard InChI is InChI=1S/C12H20N4O5/c13-3-1-5-20-10-9(18)7(6-17)21-11(10)16-4-2-8(14)15-12(16)19/h2,4,7,9-11,17-18H,1,3,5-6,13H2,(H2,14,15,19)/t7-,9-,10-,11-/m1/s1. The van der Waals surface area contributed by atoms with Crippen LogP contribution in [0, 0.1) is 0 Å². The van der Waals surface area contributed by atoms with Crippen LogP contribution in [0.5, 0.6) is 0 Å². The van der Waals surface area contributed by atoms with E-state index in [0.717, 1.165) is 0 Å². The molecule has 1 fully saturated rings. The Morgan fingerprint density at radius 2 is 2.29 bits per heavy atom. The summed E-state index contributed by atoms with van der Waals surface area (Å²) in [7, 11) is 0. The second kappa shape index (κ2) is 6.96. The summed E-state index contributed by atoms with van der Waals surface area (Å²) in [5, 5.41) is 19.3. The zero-order valence-electron chi connectivity index (χ0n) is 11.5. The fraction of sp³-hybridized carbons (Fsp3) is 0.667. The minimum absolute atomic E-state index is 0.0918. The average molecular weight is 300 g/mol. The molecule has 2 rings (SSSR count). The number of ether oxygens (including phenoxy) is 2. The van der Waals surface area contributed by atoms with Crippen molar-refractivity contribution in [2.75, 3.05) is 25.5 Å². The van der Waals surface area contributed by atoms with Crippen LogP contribution < -0.4 is 17.2 Å². The average Bonchev–Trinajstić information content (AvgIpc) is 2.76. The largest absolute Gasteiger partial charge is 0.394 e. The van der Waals surface area contributed by atoms with Gasteiger partial charge in [0.25, 0.3) is 0 Å². The number of aromatic nitrogens is 2. The Balaban J connectivity index is 2.23. The fourth-order valence-corrected chi connectivity index (χ4v) is 2.20. The summed E-state index contributed by atoms with van der Waals surface area (Å²) in [4.78, 5) is 15.5. The van der Waals surface area contributed by atoms with Crippen molar-refractivity contribution in [3.8, 4) is 0 Å². The van der Waals surface area contributed by atoms with E-state index in [-0.39, 0.29) is 12.4 Å². The fourth-order valence-electron chi connectivity index (χ4n) is 2.20. The van der Waals surface area contributed by atoms with E-state index in [1.54, 1.807) is 0 Å². The first-order valence-electron chi connectivity index (χ1n) is 6.69. The highest BCUT2D eigenvalue weighted by atomic mass is 16.6. The van der Waals surface area contributed by atoms with E-state index in [1.165, 1.54) is 16.8 Å². The predicted octanol–water partition coefficient (Wildman–Crippen LogP) is -2.19. The molecule has 0 aromatic carbocycles. The van der Waals surface area contributed by atoms with Gasteiger partial charge in [0.1, 0.15) is 24.1 Å². The van der Waals surface area contributed by atoms with E-state index < -0.39 is 30.2 Å². The molecule has 0 spiro atoms. The van der Waals surface area contributed by atoms with Crippen molar-refractivity contribution in [3.05, 3.63) is 22.7 Å². The van der Waals surface area contributed by atoms with E-state index >= 15 is 0 Å². The number of aliphatic hydroxyl groups excluding tert-OH is 2. The maximum atomic E-state index is 11.9. The third-order valence-electron chi connectivity index (χ3n) is 3.28. The first kappa shape index (κ1) is 15.9. The molecule has 4 atom stereocenters. The molecule has 0 saturated carbocycles. The number of nitrogen functional groups attached to an aromatic ring is 1. The zero-order chi connectivity index (χ0) is 15.4. The van der Waals surface area contributed by atoms with Gasteiger partial charge in [0.2, 0.25) is 0 Å². The third kappa shape index (κ3) is 3.39. The zero-order valence-corrected chi connectivity index (χ0v) is 11.5. The van der Waals surface area contributed by atoms with Gasteiger partial charge in [-0.3, -0.25) is 4.57 Å². The van der Waals surface area contributed by atoms with Gasteiger partial charge in [-0.25, -0.2) is 4.79 Å². The molecule has 118 valence electrons. The molecule has 1 aromatic rings. The maximum Gasteiger partial charge on any atom is 0.351 e. The van der Waals surface area contributed by atoms with E-state index in [2.05, 4.69) is 4.98 Å². The summed E-state index contributed by atoms with van der Waals surface area (Å²) >= 11 is 0.